The molecule has 0 spiro atoms. The number of carbonyl (C=O) groups is 2. The molecule has 6 heteroatoms. The molecular formula is C29H29NO5. The fourth-order valence-corrected chi connectivity index (χ4v) is 4.26. The standard InChI is InChI=1S/C29H29NO5/c1-4-17-35-22-15-13-20(14-16-22)27(31)25-26(21-10-8-11-23(18-21)34-5-2)30(29(33)28(25)32)24-12-7-6-9-19(24)3/h6-16,18,26,31H,4-5,17H2,1-3H3/b27-25-. The number of para-hydroxylation sites is 1. The Bertz CT molecular complexity index is 1260. The summed E-state index contributed by atoms with van der Waals surface area (Å²) in [5.41, 5.74) is 2.60. The van der Waals surface area contributed by atoms with Crippen molar-refractivity contribution in [2.24, 2.45) is 0 Å². The van der Waals surface area contributed by atoms with E-state index < -0.39 is 17.7 Å². The van der Waals surface area contributed by atoms with E-state index in [1.807, 2.05) is 57.2 Å². The lowest BCUT2D eigenvalue weighted by Crippen LogP contribution is -2.30. The quantitative estimate of drug-likeness (QED) is 0.255. The molecule has 1 heterocycles. The lowest BCUT2D eigenvalue weighted by Gasteiger charge is -2.27. The van der Waals surface area contributed by atoms with Gasteiger partial charge >= 0.3 is 0 Å². The summed E-state index contributed by atoms with van der Waals surface area (Å²) in [4.78, 5) is 28.2. The fourth-order valence-electron chi connectivity index (χ4n) is 4.26. The molecule has 1 atom stereocenters. The van der Waals surface area contributed by atoms with Gasteiger partial charge in [0.2, 0.25) is 0 Å². The second kappa shape index (κ2) is 10.5. The molecule has 0 aliphatic carbocycles. The molecule has 0 aromatic heterocycles. The molecular weight excluding hydrogens is 442 g/mol. The number of anilines is 1. The number of ketones is 1. The van der Waals surface area contributed by atoms with E-state index in [9.17, 15) is 14.7 Å². The predicted octanol–water partition coefficient (Wildman–Crippen LogP) is 5.81. The van der Waals surface area contributed by atoms with E-state index in [-0.39, 0.29) is 11.3 Å². The second-order valence-corrected chi connectivity index (χ2v) is 8.33. The van der Waals surface area contributed by atoms with Crippen LogP contribution in [0.1, 0.15) is 43.0 Å². The fraction of sp³-hybridized carbons (Fsp3) is 0.241. The van der Waals surface area contributed by atoms with Gasteiger partial charge in [-0.3, -0.25) is 14.5 Å². The van der Waals surface area contributed by atoms with Crippen molar-refractivity contribution in [2.75, 3.05) is 18.1 Å². The number of ether oxygens (including phenoxy) is 2. The largest absolute Gasteiger partial charge is 0.507 e. The summed E-state index contributed by atoms with van der Waals surface area (Å²) in [6, 6.07) is 20.7. The SMILES string of the molecule is CCCOc1ccc(/C(O)=C2/C(=O)C(=O)N(c3ccccc3C)C2c2cccc(OCC)c2)cc1. The van der Waals surface area contributed by atoms with Crippen LogP contribution >= 0.6 is 0 Å². The first-order chi connectivity index (χ1) is 17.0. The van der Waals surface area contributed by atoms with E-state index in [4.69, 9.17) is 9.47 Å². The van der Waals surface area contributed by atoms with E-state index in [1.54, 1.807) is 36.4 Å². The van der Waals surface area contributed by atoms with Crippen molar-refractivity contribution in [1.29, 1.82) is 0 Å². The van der Waals surface area contributed by atoms with E-state index in [2.05, 4.69) is 0 Å². The molecule has 1 amide bonds. The number of hydrogen-bond acceptors (Lipinski definition) is 5. The van der Waals surface area contributed by atoms with Gasteiger partial charge in [-0.25, -0.2) is 0 Å². The van der Waals surface area contributed by atoms with Crippen LogP contribution in [0, 0.1) is 6.92 Å². The first kappa shape index (κ1) is 24.1. The smallest absolute Gasteiger partial charge is 0.300 e. The summed E-state index contributed by atoms with van der Waals surface area (Å²) in [6.07, 6.45) is 0.880. The van der Waals surface area contributed by atoms with E-state index in [1.165, 1.54) is 4.90 Å². The molecule has 1 fully saturated rings. The first-order valence-electron chi connectivity index (χ1n) is 11.8. The number of hydrogen-bond donors (Lipinski definition) is 1. The van der Waals surface area contributed by atoms with Crippen LogP contribution in [-0.4, -0.2) is 30.0 Å². The molecule has 1 N–H and O–H groups in total. The molecule has 0 saturated carbocycles. The third-order valence-electron chi connectivity index (χ3n) is 5.90. The van der Waals surface area contributed by atoms with Crippen molar-refractivity contribution in [1.82, 2.24) is 0 Å². The zero-order chi connectivity index (χ0) is 24.9. The Balaban J connectivity index is 1.87. The molecule has 35 heavy (non-hydrogen) atoms. The van der Waals surface area contributed by atoms with Gasteiger partial charge < -0.3 is 14.6 Å². The Morgan fingerprint density at radius 1 is 0.914 bits per heavy atom. The van der Waals surface area contributed by atoms with Crippen LogP contribution in [0.2, 0.25) is 0 Å². The lowest BCUT2D eigenvalue weighted by atomic mass is 9.94. The number of Topliss-reactive ketones (excluding diaryl/α,β-unsaturated/α-hetero) is 1. The average molecular weight is 472 g/mol. The molecule has 1 aliphatic rings. The number of amides is 1. The third kappa shape index (κ3) is 4.78. The van der Waals surface area contributed by atoms with Gasteiger partial charge in [-0.1, -0.05) is 37.3 Å². The minimum atomic E-state index is -0.812. The number of carbonyl (C=O) groups excluding carboxylic acids is 2. The highest BCUT2D eigenvalue weighted by Crippen LogP contribution is 2.43. The first-order valence-corrected chi connectivity index (χ1v) is 11.8. The molecule has 3 aromatic carbocycles. The van der Waals surface area contributed by atoms with Crippen LogP contribution in [0.3, 0.4) is 0 Å². The maximum Gasteiger partial charge on any atom is 0.300 e. The van der Waals surface area contributed by atoms with Gasteiger partial charge in [0.1, 0.15) is 17.3 Å². The normalized spacial score (nSPS) is 17.0. The number of rotatable bonds is 8. The number of nitrogens with zero attached hydrogens (tertiary/aromatic N) is 1. The van der Waals surface area contributed by atoms with Crippen molar-refractivity contribution >= 4 is 23.1 Å². The molecule has 0 bridgehead atoms. The highest BCUT2D eigenvalue weighted by Gasteiger charge is 2.47. The third-order valence-corrected chi connectivity index (χ3v) is 5.90. The predicted molar refractivity (Wildman–Crippen MR) is 136 cm³/mol. The topological polar surface area (TPSA) is 76.1 Å². The summed E-state index contributed by atoms with van der Waals surface area (Å²) in [5.74, 6) is -0.352. The second-order valence-electron chi connectivity index (χ2n) is 8.33. The lowest BCUT2D eigenvalue weighted by molar-refractivity contribution is -0.132. The van der Waals surface area contributed by atoms with Crippen molar-refractivity contribution in [3.63, 3.8) is 0 Å². The van der Waals surface area contributed by atoms with Crippen LogP contribution in [0.5, 0.6) is 11.5 Å². The van der Waals surface area contributed by atoms with Crippen LogP contribution in [0.4, 0.5) is 5.69 Å². The maximum absolute atomic E-state index is 13.4. The van der Waals surface area contributed by atoms with Gasteiger partial charge in [0.05, 0.1) is 24.8 Å². The van der Waals surface area contributed by atoms with Crippen molar-refractivity contribution in [3.05, 3.63) is 95.1 Å². The van der Waals surface area contributed by atoms with Crippen molar-refractivity contribution in [3.8, 4) is 11.5 Å². The van der Waals surface area contributed by atoms with Gasteiger partial charge in [-0.15, -0.1) is 0 Å². The summed E-state index contributed by atoms with van der Waals surface area (Å²) in [6.45, 7) is 6.86. The van der Waals surface area contributed by atoms with Gasteiger partial charge in [-0.2, -0.15) is 0 Å². The Morgan fingerprint density at radius 3 is 2.34 bits per heavy atom. The highest BCUT2D eigenvalue weighted by atomic mass is 16.5. The van der Waals surface area contributed by atoms with Crippen molar-refractivity contribution in [2.45, 2.75) is 33.2 Å². The average Bonchev–Trinajstić information content (AvgIpc) is 3.13. The molecule has 1 unspecified atom stereocenters. The van der Waals surface area contributed by atoms with E-state index in [0.29, 0.717) is 41.5 Å². The van der Waals surface area contributed by atoms with Crippen LogP contribution < -0.4 is 14.4 Å². The Hall–Kier alpha value is -4.06. The number of aryl methyl sites for hydroxylation is 1. The molecule has 1 saturated heterocycles. The molecule has 4 rings (SSSR count). The number of aliphatic hydroxyl groups excluding tert-OH is 1. The molecule has 1 aliphatic heterocycles. The molecule has 180 valence electrons. The van der Waals surface area contributed by atoms with E-state index in [0.717, 1.165) is 12.0 Å². The highest BCUT2D eigenvalue weighted by molar-refractivity contribution is 6.51. The monoisotopic (exact) mass is 471 g/mol. The Morgan fingerprint density at radius 2 is 1.66 bits per heavy atom. The minimum Gasteiger partial charge on any atom is -0.507 e. The minimum absolute atomic E-state index is 0.0362. The molecule has 6 nitrogen and oxygen atoms in total. The zero-order valence-electron chi connectivity index (χ0n) is 20.2. The van der Waals surface area contributed by atoms with Crippen LogP contribution in [0.15, 0.2) is 78.4 Å². The van der Waals surface area contributed by atoms with Crippen molar-refractivity contribution < 1.29 is 24.2 Å². The van der Waals surface area contributed by atoms with Crippen LogP contribution in [-0.2, 0) is 9.59 Å². The zero-order valence-corrected chi connectivity index (χ0v) is 20.2. The molecule has 0 radical (unpaired) electrons. The summed E-state index contributed by atoms with van der Waals surface area (Å²) in [5, 5.41) is 11.3. The van der Waals surface area contributed by atoms with Gasteiger partial charge in [-0.05, 0) is 73.9 Å². The Labute approximate surface area is 205 Å². The van der Waals surface area contributed by atoms with Gasteiger partial charge in [0.25, 0.3) is 11.7 Å². The van der Waals surface area contributed by atoms with Gasteiger partial charge in [0.15, 0.2) is 0 Å². The maximum atomic E-state index is 13.4. The Kier molecular flexibility index (Phi) is 7.20. The number of benzene rings is 3. The summed E-state index contributed by atoms with van der Waals surface area (Å²) in [7, 11) is 0. The van der Waals surface area contributed by atoms with Crippen LogP contribution in [0.25, 0.3) is 5.76 Å². The summed E-state index contributed by atoms with van der Waals surface area (Å²) >= 11 is 0. The van der Waals surface area contributed by atoms with Gasteiger partial charge in [0, 0.05) is 11.3 Å². The molecule has 3 aromatic rings. The summed E-state index contributed by atoms with van der Waals surface area (Å²) < 4.78 is 11.3. The number of aliphatic hydroxyl groups is 1. The van der Waals surface area contributed by atoms with E-state index >= 15 is 0 Å².